The third-order valence-electron chi connectivity index (χ3n) is 4.09. The van der Waals surface area contributed by atoms with E-state index in [-0.39, 0.29) is 0 Å². The summed E-state index contributed by atoms with van der Waals surface area (Å²) in [5, 5.41) is 3.61. The number of halogens is 1. The van der Waals surface area contributed by atoms with Crippen LogP contribution in [0, 0.1) is 11.8 Å². The van der Waals surface area contributed by atoms with Crippen molar-refractivity contribution < 1.29 is 0 Å². The van der Waals surface area contributed by atoms with Crippen LogP contribution >= 0.6 is 15.9 Å². The van der Waals surface area contributed by atoms with Gasteiger partial charge in [-0.25, -0.2) is 0 Å². The first-order valence-electron chi connectivity index (χ1n) is 8.14. The predicted molar refractivity (Wildman–Crippen MR) is 93.2 cm³/mol. The number of benzene rings is 1. The molecular weight excluding hydrogens is 310 g/mol. The molecule has 1 nitrogen and oxygen atoms in total. The highest BCUT2D eigenvalue weighted by Crippen LogP contribution is 2.23. The molecule has 0 amide bonds. The van der Waals surface area contributed by atoms with E-state index >= 15 is 0 Å². The van der Waals surface area contributed by atoms with E-state index in [4.69, 9.17) is 0 Å². The average Bonchev–Trinajstić information content (AvgIpc) is 2.44. The Morgan fingerprint density at radius 3 is 2.45 bits per heavy atom. The predicted octanol–water partition coefficient (Wildman–Crippen LogP) is 5.43. The van der Waals surface area contributed by atoms with Crippen LogP contribution in [0.2, 0.25) is 0 Å². The average molecular weight is 340 g/mol. The summed E-state index contributed by atoms with van der Waals surface area (Å²) in [7, 11) is 0. The molecule has 0 saturated heterocycles. The van der Waals surface area contributed by atoms with E-state index < -0.39 is 0 Å². The molecular formula is C18H30BrN. The van der Waals surface area contributed by atoms with Crippen molar-refractivity contribution in [3.8, 4) is 0 Å². The van der Waals surface area contributed by atoms with E-state index in [1.165, 1.54) is 42.1 Å². The Morgan fingerprint density at radius 2 is 1.85 bits per heavy atom. The van der Waals surface area contributed by atoms with Crippen molar-refractivity contribution in [2.24, 2.45) is 11.8 Å². The molecule has 0 bridgehead atoms. The summed E-state index contributed by atoms with van der Waals surface area (Å²) in [5.74, 6) is 1.62. The maximum atomic E-state index is 3.61. The third-order valence-corrected chi connectivity index (χ3v) is 4.59. The van der Waals surface area contributed by atoms with Crippen molar-refractivity contribution >= 4 is 15.9 Å². The van der Waals surface area contributed by atoms with Crippen LogP contribution in [0.5, 0.6) is 0 Å². The molecule has 1 unspecified atom stereocenters. The molecule has 1 aromatic rings. The van der Waals surface area contributed by atoms with E-state index in [1.807, 2.05) is 0 Å². The lowest BCUT2D eigenvalue weighted by Crippen LogP contribution is -2.26. The Balaban J connectivity index is 2.60. The van der Waals surface area contributed by atoms with Gasteiger partial charge in [0.05, 0.1) is 0 Å². The fraction of sp³-hybridized carbons (Fsp3) is 0.667. The first kappa shape index (κ1) is 17.7. The zero-order chi connectivity index (χ0) is 14.8. The first-order chi connectivity index (χ1) is 9.69. The number of rotatable bonds is 10. The van der Waals surface area contributed by atoms with Gasteiger partial charge >= 0.3 is 0 Å². The molecule has 1 aromatic carbocycles. The molecule has 0 aliphatic heterocycles. The molecule has 0 heterocycles. The second kappa shape index (κ2) is 10.4. The molecule has 0 aliphatic carbocycles. The van der Waals surface area contributed by atoms with Crippen LogP contribution < -0.4 is 5.32 Å². The smallest absolute Gasteiger partial charge is 0.0177 e. The monoisotopic (exact) mass is 339 g/mol. The number of nitrogens with one attached hydrogen (secondary N) is 1. The maximum absolute atomic E-state index is 3.61. The van der Waals surface area contributed by atoms with Gasteiger partial charge in [0.25, 0.3) is 0 Å². The summed E-state index contributed by atoms with van der Waals surface area (Å²) in [5.41, 5.74) is 1.45. The minimum Gasteiger partial charge on any atom is -0.316 e. The zero-order valence-electron chi connectivity index (χ0n) is 13.3. The largest absolute Gasteiger partial charge is 0.316 e. The van der Waals surface area contributed by atoms with Crippen molar-refractivity contribution in [2.45, 2.75) is 52.9 Å². The van der Waals surface area contributed by atoms with Gasteiger partial charge < -0.3 is 5.32 Å². The molecule has 1 atom stereocenters. The molecule has 0 fully saturated rings. The van der Waals surface area contributed by atoms with Crippen LogP contribution in [0.3, 0.4) is 0 Å². The molecule has 1 N–H and O–H groups in total. The van der Waals surface area contributed by atoms with Crippen LogP contribution in [0.1, 0.15) is 52.0 Å². The molecule has 2 heteroatoms. The molecule has 0 saturated carbocycles. The Labute approximate surface area is 133 Å². The van der Waals surface area contributed by atoms with Crippen molar-refractivity contribution in [3.63, 3.8) is 0 Å². The van der Waals surface area contributed by atoms with Gasteiger partial charge in [0.1, 0.15) is 0 Å². The number of hydrogen-bond donors (Lipinski definition) is 1. The van der Waals surface area contributed by atoms with Gasteiger partial charge in [0, 0.05) is 4.47 Å². The Bertz CT molecular complexity index is 360. The van der Waals surface area contributed by atoms with Gasteiger partial charge in [-0.3, -0.25) is 0 Å². The first-order valence-corrected chi connectivity index (χ1v) is 8.93. The van der Waals surface area contributed by atoms with Crippen LogP contribution in [0.15, 0.2) is 28.7 Å². The van der Waals surface area contributed by atoms with E-state index in [0.29, 0.717) is 0 Å². The lowest BCUT2D eigenvalue weighted by Gasteiger charge is -2.22. The topological polar surface area (TPSA) is 12.0 Å². The molecule has 0 aliphatic rings. The molecule has 114 valence electrons. The Hall–Kier alpha value is -0.340. The molecule has 20 heavy (non-hydrogen) atoms. The zero-order valence-corrected chi connectivity index (χ0v) is 14.9. The summed E-state index contributed by atoms with van der Waals surface area (Å²) in [6, 6.07) is 8.77. The van der Waals surface area contributed by atoms with E-state index in [0.717, 1.165) is 24.9 Å². The molecule has 0 spiro atoms. The lowest BCUT2D eigenvalue weighted by atomic mass is 9.86. The van der Waals surface area contributed by atoms with Gasteiger partial charge in [0.15, 0.2) is 0 Å². The normalized spacial score (nSPS) is 12.8. The van der Waals surface area contributed by atoms with Gasteiger partial charge in [-0.05, 0) is 61.9 Å². The van der Waals surface area contributed by atoms with Gasteiger partial charge in [-0.1, -0.05) is 61.7 Å². The second-order valence-electron chi connectivity index (χ2n) is 5.82. The highest BCUT2D eigenvalue weighted by atomic mass is 79.9. The minimum absolute atomic E-state index is 0.751. The van der Waals surface area contributed by atoms with Crippen molar-refractivity contribution in [1.82, 2.24) is 5.32 Å². The van der Waals surface area contributed by atoms with E-state index in [1.54, 1.807) is 0 Å². The second-order valence-corrected chi connectivity index (χ2v) is 6.74. The highest BCUT2D eigenvalue weighted by Gasteiger charge is 2.15. The molecule has 0 radical (unpaired) electrons. The van der Waals surface area contributed by atoms with Gasteiger partial charge in [-0.2, -0.15) is 0 Å². The summed E-state index contributed by atoms with van der Waals surface area (Å²) >= 11 is 3.58. The quantitative estimate of drug-likeness (QED) is 0.560. The highest BCUT2D eigenvalue weighted by molar-refractivity contribution is 9.10. The molecule has 1 rings (SSSR count). The summed E-state index contributed by atoms with van der Waals surface area (Å²) < 4.78 is 1.19. The Kier molecular flexibility index (Phi) is 9.21. The lowest BCUT2D eigenvalue weighted by molar-refractivity contribution is 0.338. The van der Waals surface area contributed by atoms with Crippen LogP contribution in [-0.2, 0) is 6.42 Å². The van der Waals surface area contributed by atoms with Gasteiger partial charge in [-0.15, -0.1) is 0 Å². The standard InChI is InChI=1S/C18H30BrN/c1-4-10-20-14-17(11-15(5-2)6-3)12-16-8-7-9-18(19)13-16/h7-9,13,15,17,20H,4-6,10-12,14H2,1-3H3. The summed E-state index contributed by atoms with van der Waals surface area (Å²) in [4.78, 5) is 0. The summed E-state index contributed by atoms with van der Waals surface area (Å²) in [6.07, 6.45) is 6.36. The third kappa shape index (κ3) is 6.90. The Morgan fingerprint density at radius 1 is 1.10 bits per heavy atom. The van der Waals surface area contributed by atoms with Crippen molar-refractivity contribution in [1.29, 1.82) is 0 Å². The van der Waals surface area contributed by atoms with Crippen molar-refractivity contribution in [2.75, 3.05) is 13.1 Å². The van der Waals surface area contributed by atoms with Crippen LogP contribution in [-0.4, -0.2) is 13.1 Å². The fourth-order valence-electron chi connectivity index (χ4n) is 2.81. The van der Waals surface area contributed by atoms with E-state index in [2.05, 4.69) is 66.3 Å². The van der Waals surface area contributed by atoms with Crippen molar-refractivity contribution in [3.05, 3.63) is 34.3 Å². The van der Waals surface area contributed by atoms with Crippen LogP contribution in [0.4, 0.5) is 0 Å². The number of hydrogen-bond acceptors (Lipinski definition) is 1. The van der Waals surface area contributed by atoms with Gasteiger partial charge in [0.2, 0.25) is 0 Å². The SMILES string of the molecule is CCCNCC(Cc1cccc(Br)c1)CC(CC)CC. The minimum atomic E-state index is 0.751. The molecule has 0 aromatic heterocycles. The summed E-state index contributed by atoms with van der Waals surface area (Å²) in [6.45, 7) is 9.17. The maximum Gasteiger partial charge on any atom is 0.0177 e. The van der Waals surface area contributed by atoms with Crippen LogP contribution in [0.25, 0.3) is 0 Å². The fourth-order valence-corrected chi connectivity index (χ4v) is 3.26. The van der Waals surface area contributed by atoms with E-state index in [9.17, 15) is 0 Å².